The fraction of sp³-hybridized carbons (Fsp3) is 0.800. The second-order valence-electron chi connectivity index (χ2n) is 5.87. The topological polar surface area (TPSA) is 83.0 Å². The van der Waals surface area contributed by atoms with Crippen LogP contribution in [0.1, 0.15) is 32.1 Å². The van der Waals surface area contributed by atoms with Gasteiger partial charge in [0, 0.05) is 34.2 Å². The van der Waals surface area contributed by atoms with E-state index in [4.69, 9.17) is 0 Å². The van der Waals surface area contributed by atoms with Crippen molar-refractivity contribution in [3.8, 4) is 0 Å². The number of hydrogen-bond donors (Lipinski definition) is 2. The SMILES string of the molecule is CN=C(NCCC(=O)OC)NCC1(C(=O)N(C)C)CCCC1. The number of rotatable bonds is 6. The average molecular weight is 312 g/mol. The maximum Gasteiger partial charge on any atom is 0.307 e. The van der Waals surface area contributed by atoms with Crippen molar-refractivity contribution < 1.29 is 14.3 Å². The van der Waals surface area contributed by atoms with E-state index in [0.717, 1.165) is 25.7 Å². The highest BCUT2D eigenvalue weighted by atomic mass is 16.5. The van der Waals surface area contributed by atoms with Crippen LogP contribution in [0.25, 0.3) is 0 Å². The van der Waals surface area contributed by atoms with Gasteiger partial charge in [-0.15, -0.1) is 0 Å². The third-order valence-corrected chi connectivity index (χ3v) is 4.09. The van der Waals surface area contributed by atoms with E-state index in [1.165, 1.54) is 7.11 Å². The van der Waals surface area contributed by atoms with Gasteiger partial charge in [-0.05, 0) is 12.8 Å². The summed E-state index contributed by atoms with van der Waals surface area (Å²) in [5.74, 6) is 0.502. The van der Waals surface area contributed by atoms with Gasteiger partial charge in [-0.1, -0.05) is 12.8 Å². The quantitative estimate of drug-likeness (QED) is 0.420. The Balaban J connectivity index is 2.53. The molecular formula is C15H28N4O3. The number of methoxy groups -OCH3 is 1. The maximum atomic E-state index is 12.5. The van der Waals surface area contributed by atoms with Crippen LogP contribution in [0, 0.1) is 5.41 Å². The molecule has 0 aromatic heterocycles. The van der Waals surface area contributed by atoms with Crippen LogP contribution in [0.2, 0.25) is 0 Å². The van der Waals surface area contributed by atoms with Crippen molar-refractivity contribution in [2.45, 2.75) is 32.1 Å². The van der Waals surface area contributed by atoms with Crippen LogP contribution in [-0.2, 0) is 14.3 Å². The van der Waals surface area contributed by atoms with Crippen molar-refractivity contribution in [1.29, 1.82) is 0 Å². The highest BCUT2D eigenvalue weighted by molar-refractivity contribution is 5.85. The van der Waals surface area contributed by atoms with Gasteiger partial charge in [0.15, 0.2) is 5.96 Å². The summed E-state index contributed by atoms with van der Waals surface area (Å²) in [5.41, 5.74) is -0.344. The number of guanidine groups is 1. The van der Waals surface area contributed by atoms with Gasteiger partial charge < -0.3 is 20.3 Å². The Hall–Kier alpha value is -1.79. The summed E-state index contributed by atoms with van der Waals surface area (Å²) >= 11 is 0. The first-order valence-corrected chi connectivity index (χ1v) is 7.68. The van der Waals surface area contributed by atoms with Gasteiger partial charge >= 0.3 is 5.97 Å². The van der Waals surface area contributed by atoms with Crippen molar-refractivity contribution >= 4 is 17.8 Å². The van der Waals surface area contributed by atoms with Crippen molar-refractivity contribution in [3.63, 3.8) is 0 Å². The summed E-state index contributed by atoms with van der Waals surface area (Å²) in [6.45, 7) is 1.00. The van der Waals surface area contributed by atoms with E-state index in [0.29, 0.717) is 19.0 Å². The molecular weight excluding hydrogens is 284 g/mol. The normalized spacial score (nSPS) is 17.0. The molecule has 1 rings (SSSR count). The lowest BCUT2D eigenvalue weighted by molar-refractivity contribution is -0.140. The molecule has 7 heteroatoms. The lowest BCUT2D eigenvalue weighted by Gasteiger charge is -2.31. The highest BCUT2D eigenvalue weighted by Crippen LogP contribution is 2.38. The molecule has 1 aliphatic rings. The van der Waals surface area contributed by atoms with Gasteiger partial charge in [-0.25, -0.2) is 0 Å². The molecule has 0 aromatic carbocycles. The lowest BCUT2D eigenvalue weighted by atomic mass is 9.84. The second kappa shape index (κ2) is 8.60. The lowest BCUT2D eigenvalue weighted by Crippen LogP contribution is -2.49. The first-order valence-electron chi connectivity index (χ1n) is 7.68. The Labute approximate surface area is 132 Å². The first-order chi connectivity index (χ1) is 10.4. The van der Waals surface area contributed by atoms with Crippen LogP contribution in [-0.4, -0.2) is 64.1 Å². The molecule has 0 unspecified atom stereocenters. The number of carbonyl (C=O) groups excluding carboxylic acids is 2. The number of nitrogens with one attached hydrogen (secondary N) is 2. The van der Waals surface area contributed by atoms with Gasteiger partial charge in [-0.2, -0.15) is 0 Å². The minimum Gasteiger partial charge on any atom is -0.469 e. The van der Waals surface area contributed by atoms with Gasteiger partial charge in [0.25, 0.3) is 0 Å². The van der Waals surface area contributed by atoms with Crippen LogP contribution < -0.4 is 10.6 Å². The van der Waals surface area contributed by atoms with Crippen molar-refractivity contribution in [2.24, 2.45) is 10.4 Å². The Morgan fingerprint density at radius 1 is 1.23 bits per heavy atom. The number of aliphatic imine (C=N–C) groups is 1. The van der Waals surface area contributed by atoms with E-state index >= 15 is 0 Å². The van der Waals surface area contributed by atoms with E-state index < -0.39 is 0 Å². The summed E-state index contributed by atoms with van der Waals surface area (Å²) in [6.07, 6.45) is 4.23. The van der Waals surface area contributed by atoms with Crippen LogP contribution in [0.3, 0.4) is 0 Å². The summed E-state index contributed by atoms with van der Waals surface area (Å²) in [5, 5.41) is 6.28. The second-order valence-corrected chi connectivity index (χ2v) is 5.87. The molecule has 126 valence electrons. The van der Waals surface area contributed by atoms with Crippen LogP contribution in [0.4, 0.5) is 0 Å². The Bertz CT molecular complexity index is 415. The fourth-order valence-electron chi connectivity index (χ4n) is 2.85. The zero-order valence-corrected chi connectivity index (χ0v) is 14.1. The van der Waals surface area contributed by atoms with E-state index in [1.54, 1.807) is 26.0 Å². The van der Waals surface area contributed by atoms with Crippen molar-refractivity contribution in [1.82, 2.24) is 15.5 Å². The molecule has 2 N–H and O–H groups in total. The Kier molecular flexibility index (Phi) is 7.14. The van der Waals surface area contributed by atoms with E-state index in [1.807, 2.05) is 0 Å². The molecule has 1 fully saturated rings. The zero-order valence-electron chi connectivity index (χ0n) is 14.1. The molecule has 0 spiro atoms. The van der Waals surface area contributed by atoms with Crippen LogP contribution in [0.15, 0.2) is 4.99 Å². The number of ether oxygens (including phenoxy) is 1. The molecule has 0 radical (unpaired) electrons. The van der Waals surface area contributed by atoms with Crippen LogP contribution in [0.5, 0.6) is 0 Å². The summed E-state index contributed by atoms with van der Waals surface area (Å²) in [4.78, 5) is 29.4. The van der Waals surface area contributed by atoms with E-state index in [2.05, 4.69) is 20.4 Å². The van der Waals surface area contributed by atoms with Gasteiger partial charge in [0.05, 0.1) is 18.9 Å². The third-order valence-electron chi connectivity index (χ3n) is 4.09. The average Bonchev–Trinajstić information content (AvgIpc) is 2.99. The molecule has 0 saturated heterocycles. The standard InChI is InChI=1S/C15H28N4O3/c1-16-14(17-10-7-12(20)22-4)18-11-15(8-5-6-9-15)13(21)19(2)3/h5-11H2,1-4H3,(H2,16,17,18). The number of esters is 1. The van der Waals surface area contributed by atoms with Crippen LogP contribution >= 0.6 is 0 Å². The molecule has 1 amide bonds. The van der Waals surface area contributed by atoms with Gasteiger partial charge in [0.2, 0.25) is 5.91 Å². The van der Waals surface area contributed by atoms with Gasteiger partial charge in [-0.3, -0.25) is 14.6 Å². The number of hydrogen-bond acceptors (Lipinski definition) is 4. The zero-order chi connectivity index (χ0) is 16.6. The molecule has 1 aliphatic carbocycles. The predicted octanol–water partition coefficient (Wildman–Crippen LogP) is 0.363. The minimum absolute atomic E-state index is 0.169. The van der Waals surface area contributed by atoms with E-state index in [-0.39, 0.29) is 23.7 Å². The molecule has 0 aliphatic heterocycles. The number of carbonyl (C=O) groups is 2. The minimum atomic E-state index is -0.344. The number of nitrogens with zero attached hydrogens (tertiary/aromatic N) is 2. The Morgan fingerprint density at radius 2 is 1.86 bits per heavy atom. The summed E-state index contributed by atoms with van der Waals surface area (Å²) < 4.78 is 4.59. The maximum absolute atomic E-state index is 12.5. The van der Waals surface area contributed by atoms with Crippen molar-refractivity contribution in [2.75, 3.05) is 41.3 Å². The van der Waals surface area contributed by atoms with Gasteiger partial charge in [0.1, 0.15) is 0 Å². The highest BCUT2D eigenvalue weighted by Gasteiger charge is 2.42. The molecule has 0 heterocycles. The molecule has 7 nitrogen and oxygen atoms in total. The van der Waals surface area contributed by atoms with E-state index in [9.17, 15) is 9.59 Å². The predicted molar refractivity (Wildman–Crippen MR) is 85.6 cm³/mol. The third kappa shape index (κ3) is 4.89. The largest absolute Gasteiger partial charge is 0.469 e. The fourth-order valence-corrected chi connectivity index (χ4v) is 2.85. The Morgan fingerprint density at radius 3 is 2.36 bits per heavy atom. The monoisotopic (exact) mass is 312 g/mol. The van der Waals surface area contributed by atoms with Crippen molar-refractivity contribution in [3.05, 3.63) is 0 Å². The molecule has 0 atom stereocenters. The molecule has 1 saturated carbocycles. The number of amides is 1. The summed E-state index contributed by atoms with van der Waals surface area (Å²) in [6, 6.07) is 0. The molecule has 0 bridgehead atoms. The smallest absolute Gasteiger partial charge is 0.307 e. The molecule has 0 aromatic rings. The molecule has 22 heavy (non-hydrogen) atoms. The first kappa shape index (κ1) is 18.3. The summed E-state index contributed by atoms with van der Waals surface area (Å²) in [7, 11) is 6.63.